The first-order valence-electron chi connectivity index (χ1n) is 9.70. The number of aromatic nitrogens is 1. The monoisotopic (exact) mass is 378 g/mol. The molecule has 1 aromatic heterocycles. The summed E-state index contributed by atoms with van der Waals surface area (Å²) in [6.45, 7) is 4.63. The Morgan fingerprint density at radius 1 is 1.07 bits per heavy atom. The number of para-hydroxylation sites is 1. The molecule has 0 fully saturated rings. The van der Waals surface area contributed by atoms with Crippen LogP contribution in [-0.2, 0) is 32.5 Å². The third-order valence-electron chi connectivity index (χ3n) is 4.98. The maximum Gasteiger partial charge on any atom is 0.119 e. The first-order valence-corrected chi connectivity index (χ1v) is 10.5. The van der Waals surface area contributed by atoms with E-state index < -0.39 is 0 Å². The van der Waals surface area contributed by atoms with Gasteiger partial charge in [-0.1, -0.05) is 49.4 Å². The van der Waals surface area contributed by atoms with E-state index in [2.05, 4.69) is 36.5 Å². The minimum atomic E-state index is 0.592. The first kappa shape index (κ1) is 18.2. The molecule has 0 amide bonds. The molecule has 0 aliphatic heterocycles. The molecule has 0 bridgehead atoms. The minimum Gasteiger partial charge on any atom is -0.489 e. The molecule has 140 valence electrons. The highest BCUT2D eigenvalue weighted by molar-refractivity contribution is 7.11. The predicted molar refractivity (Wildman–Crippen MR) is 111 cm³/mol. The zero-order valence-electron chi connectivity index (χ0n) is 15.8. The Morgan fingerprint density at radius 3 is 2.81 bits per heavy atom. The number of hydrogen-bond acceptors (Lipinski definition) is 4. The molecule has 3 nitrogen and oxygen atoms in total. The van der Waals surface area contributed by atoms with Gasteiger partial charge in [-0.2, -0.15) is 0 Å². The lowest BCUT2D eigenvalue weighted by atomic mass is 9.93. The highest BCUT2D eigenvalue weighted by Crippen LogP contribution is 2.29. The van der Waals surface area contributed by atoms with Gasteiger partial charge in [0.05, 0.1) is 5.69 Å². The lowest BCUT2D eigenvalue weighted by Crippen LogP contribution is -2.13. The molecule has 27 heavy (non-hydrogen) atoms. The van der Waals surface area contributed by atoms with E-state index in [1.807, 2.05) is 41.7 Å². The molecule has 0 spiro atoms. The zero-order valence-corrected chi connectivity index (χ0v) is 16.6. The molecule has 1 atom stereocenters. The van der Waals surface area contributed by atoms with E-state index in [4.69, 9.17) is 9.72 Å². The van der Waals surface area contributed by atoms with Gasteiger partial charge in [-0.3, -0.25) is 0 Å². The second-order valence-electron chi connectivity index (χ2n) is 7.35. The average molecular weight is 379 g/mol. The van der Waals surface area contributed by atoms with Crippen molar-refractivity contribution in [2.75, 3.05) is 0 Å². The van der Waals surface area contributed by atoms with Gasteiger partial charge in [0.2, 0.25) is 0 Å². The van der Waals surface area contributed by atoms with Gasteiger partial charge in [0, 0.05) is 18.0 Å². The molecule has 0 radical (unpaired) electrons. The smallest absolute Gasteiger partial charge is 0.119 e. The second-order valence-corrected chi connectivity index (χ2v) is 8.52. The van der Waals surface area contributed by atoms with Crippen molar-refractivity contribution in [3.8, 4) is 5.75 Å². The van der Waals surface area contributed by atoms with Gasteiger partial charge < -0.3 is 10.1 Å². The van der Waals surface area contributed by atoms with Crippen molar-refractivity contribution in [3.05, 3.63) is 81.3 Å². The van der Waals surface area contributed by atoms with E-state index in [1.165, 1.54) is 39.5 Å². The van der Waals surface area contributed by atoms with E-state index in [0.717, 1.165) is 31.2 Å². The summed E-state index contributed by atoms with van der Waals surface area (Å²) in [4.78, 5) is 6.34. The Hall–Kier alpha value is -2.17. The van der Waals surface area contributed by atoms with Crippen LogP contribution in [0.3, 0.4) is 0 Å². The molecule has 1 unspecified atom stereocenters. The maximum absolute atomic E-state index is 5.85. The Kier molecular flexibility index (Phi) is 5.85. The summed E-state index contributed by atoms with van der Waals surface area (Å²) >= 11 is 1.89. The minimum absolute atomic E-state index is 0.592. The number of hydrogen-bond donors (Lipinski definition) is 1. The topological polar surface area (TPSA) is 34.2 Å². The summed E-state index contributed by atoms with van der Waals surface area (Å²) in [6.07, 6.45) is 3.63. The van der Waals surface area contributed by atoms with Crippen molar-refractivity contribution in [1.82, 2.24) is 10.3 Å². The van der Waals surface area contributed by atoms with Gasteiger partial charge in [-0.25, -0.2) is 4.98 Å². The van der Waals surface area contributed by atoms with Gasteiger partial charge >= 0.3 is 0 Å². The molecule has 0 saturated carbocycles. The van der Waals surface area contributed by atoms with Crippen LogP contribution in [0.15, 0.2) is 54.6 Å². The van der Waals surface area contributed by atoms with Crippen LogP contribution in [0, 0.1) is 5.92 Å². The molecule has 1 aliphatic rings. The summed E-state index contributed by atoms with van der Waals surface area (Å²) in [7, 11) is 0. The van der Waals surface area contributed by atoms with Gasteiger partial charge in [0.25, 0.3) is 0 Å². The number of aryl methyl sites for hydroxylation is 1. The summed E-state index contributed by atoms with van der Waals surface area (Å²) in [5.74, 6) is 1.71. The van der Waals surface area contributed by atoms with Gasteiger partial charge in [-0.15, -0.1) is 11.3 Å². The summed E-state index contributed by atoms with van der Waals surface area (Å²) in [5, 5.41) is 4.77. The van der Waals surface area contributed by atoms with E-state index in [9.17, 15) is 0 Å². The first-order chi connectivity index (χ1) is 13.3. The molecule has 0 saturated heterocycles. The number of rotatable bonds is 7. The molecule has 4 heteroatoms. The van der Waals surface area contributed by atoms with Crippen LogP contribution in [-0.4, -0.2) is 4.98 Å². The van der Waals surface area contributed by atoms with Gasteiger partial charge in [0.1, 0.15) is 17.4 Å². The number of fused-ring (bicyclic) bond motifs is 1. The van der Waals surface area contributed by atoms with E-state index in [-0.39, 0.29) is 0 Å². The van der Waals surface area contributed by atoms with Crippen LogP contribution in [0.2, 0.25) is 0 Å². The second kappa shape index (κ2) is 8.68. The van der Waals surface area contributed by atoms with Crippen LogP contribution in [0.1, 0.15) is 40.1 Å². The van der Waals surface area contributed by atoms with Crippen molar-refractivity contribution in [2.24, 2.45) is 5.92 Å². The number of nitrogens with one attached hydrogen (secondary N) is 1. The highest BCUT2D eigenvalue weighted by atomic mass is 32.1. The fraction of sp³-hybridized carbons (Fsp3) is 0.348. The largest absolute Gasteiger partial charge is 0.489 e. The third kappa shape index (κ3) is 4.96. The molecule has 4 rings (SSSR count). The molecular formula is C23H26N2OS. The quantitative estimate of drug-likeness (QED) is 0.618. The van der Waals surface area contributed by atoms with Crippen molar-refractivity contribution in [2.45, 2.75) is 45.9 Å². The third-order valence-corrected chi connectivity index (χ3v) is 6.10. The van der Waals surface area contributed by atoms with E-state index in [1.54, 1.807) is 0 Å². The van der Waals surface area contributed by atoms with Crippen molar-refractivity contribution in [1.29, 1.82) is 0 Å². The Morgan fingerprint density at radius 2 is 1.93 bits per heavy atom. The average Bonchev–Trinajstić information content (AvgIpc) is 3.09. The normalized spacial score (nSPS) is 16.1. The van der Waals surface area contributed by atoms with Crippen LogP contribution in [0.5, 0.6) is 5.75 Å². The molecule has 3 aromatic rings. The molecule has 1 N–H and O–H groups in total. The zero-order chi connectivity index (χ0) is 18.5. The number of thiazole rings is 1. The van der Waals surface area contributed by atoms with E-state index in [0.29, 0.717) is 6.61 Å². The highest BCUT2D eigenvalue weighted by Gasteiger charge is 2.19. The molecule has 1 heterocycles. The number of nitrogens with zero attached hydrogens (tertiary/aromatic N) is 1. The summed E-state index contributed by atoms with van der Waals surface area (Å²) in [5.41, 5.74) is 3.81. The van der Waals surface area contributed by atoms with Gasteiger partial charge in [0.15, 0.2) is 0 Å². The van der Waals surface area contributed by atoms with Crippen LogP contribution in [0.25, 0.3) is 0 Å². The molecule has 1 aliphatic carbocycles. The van der Waals surface area contributed by atoms with Crippen molar-refractivity contribution >= 4 is 11.3 Å². The SMILES string of the molecule is CC1CCc2nc(CNCc3cccc(COc4ccccc4)c3)sc2C1. The van der Waals surface area contributed by atoms with Crippen LogP contribution < -0.4 is 10.1 Å². The van der Waals surface area contributed by atoms with Crippen molar-refractivity contribution < 1.29 is 4.74 Å². The standard InChI is InChI=1S/C23H26N2OS/c1-17-10-11-21-22(12-17)27-23(25-21)15-24-14-18-6-5-7-19(13-18)16-26-20-8-3-2-4-9-20/h2-9,13,17,24H,10-12,14-16H2,1H3. The Bertz CT molecular complexity index is 875. The summed E-state index contributed by atoms with van der Waals surface area (Å²) < 4.78 is 5.85. The molecular weight excluding hydrogens is 352 g/mol. The lowest BCUT2D eigenvalue weighted by molar-refractivity contribution is 0.306. The number of benzene rings is 2. The maximum atomic E-state index is 5.85. The predicted octanol–water partition coefficient (Wildman–Crippen LogP) is 5.14. The Balaban J connectivity index is 1.29. The fourth-order valence-electron chi connectivity index (χ4n) is 3.50. The number of ether oxygens (including phenoxy) is 1. The van der Waals surface area contributed by atoms with Crippen molar-refractivity contribution in [3.63, 3.8) is 0 Å². The van der Waals surface area contributed by atoms with Crippen LogP contribution >= 0.6 is 11.3 Å². The van der Waals surface area contributed by atoms with Gasteiger partial charge in [-0.05, 0) is 48.4 Å². The molecule has 2 aromatic carbocycles. The Labute approximate surface area is 165 Å². The lowest BCUT2D eigenvalue weighted by Gasteiger charge is -2.15. The summed E-state index contributed by atoms with van der Waals surface area (Å²) in [6, 6.07) is 18.5. The fourth-order valence-corrected chi connectivity index (χ4v) is 4.74. The van der Waals surface area contributed by atoms with Crippen LogP contribution in [0.4, 0.5) is 0 Å². The van der Waals surface area contributed by atoms with E-state index >= 15 is 0 Å².